The minimum Gasteiger partial charge on any atom is -0.311 e. The number of nitrogens with zero attached hydrogens (tertiary/aromatic N) is 3. The zero-order chi connectivity index (χ0) is 22.9. The molecular formula is C23H22FN5O2S2. The highest BCUT2D eigenvalue weighted by Crippen LogP contribution is 2.34. The van der Waals surface area contributed by atoms with Crippen molar-refractivity contribution in [2.45, 2.75) is 38.4 Å². The molecule has 1 amide bonds. The fourth-order valence-corrected chi connectivity index (χ4v) is 6.11. The summed E-state index contributed by atoms with van der Waals surface area (Å²) in [5.74, 6) is 1.83. The Morgan fingerprint density at radius 3 is 2.94 bits per heavy atom. The molecule has 3 aromatic heterocycles. The number of fused-ring (bicyclic) bond motifs is 3. The normalized spacial score (nSPS) is 12.9. The summed E-state index contributed by atoms with van der Waals surface area (Å²) in [7, 11) is 0. The largest absolute Gasteiger partial charge is 0.311 e. The third kappa shape index (κ3) is 4.58. The number of rotatable bonds is 7. The van der Waals surface area contributed by atoms with Crippen LogP contribution in [0.4, 0.5) is 10.2 Å². The molecule has 10 heteroatoms. The van der Waals surface area contributed by atoms with E-state index in [1.165, 1.54) is 22.6 Å². The second kappa shape index (κ2) is 9.11. The average molecular weight is 484 g/mol. The highest BCUT2D eigenvalue weighted by atomic mass is 32.2. The van der Waals surface area contributed by atoms with Crippen LogP contribution in [-0.2, 0) is 23.4 Å². The third-order valence-corrected chi connectivity index (χ3v) is 7.66. The van der Waals surface area contributed by atoms with Crippen molar-refractivity contribution in [2.75, 3.05) is 11.1 Å². The van der Waals surface area contributed by atoms with E-state index in [-0.39, 0.29) is 17.3 Å². The SMILES string of the molecule is Cc1cc(NC(=O)CCSCc2nc3sc4c(c3c(=O)[nH]2)CCC4)n(-c2ccc(F)cc2)n1. The number of carbonyl (C=O) groups is 1. The van der Waals surface area contributed by atoms with Gasteiger partial charge in [0.05, 0.1) is 22.5 Å². The summed E-state index contributed by atoms with van der Waals surface area (Å²) in [6.45, 7) is 1.83. The van der Waals surface area contributed by atoms with Crippen LogP contribution >= 0.6 is 23.1 Å². The molecule has 0 atom stereocenters. The molecule has 0 bridgehead atoms. The molecule has 0 saturated carbocycles. The minimum atomic E-state index is -0.330. The summed E-state index contributed by atoms with van der Waals surface area (Å²) < 4.78 is 14.8. The van der Waals surface area contributed by atoms with Crippen LogP contribution in [0.25, 0.3) is 15.9 Å². The maximum absolute atomic E-state index is 13.2. The van der Waals surface area contributed by atoms with Crippen LogP contribution in [-0.4, -0.2) is 31.4 Å². The zero-order valence-corrected chi connectivity index (χ0v) is 19.6. The molecule has 0 saturated heterocycles. The average Bonchev–Trinajstić information content (AvgIpc) is 3.46. The van der Waals surface area contributed by atoms with Crippen molar-refractivity contribution < 1.29 is 9.18 Å². The standard InChI is InChI=1S/C23H22FN5O2S2/c1-13-11-19(29(28-13)15-7-5-14(24)6-8-15)27-20(30)9-10-32-12-18-25-22(31)21-16-3-2-4-17(16)33-23(21)26-18/h5-8,11H,2-4,9-10,12H2,1H3,(H,27,30)(H,25,26,31). The fourth-order valence-electron chi connectivity index (χ4n) is 4.02. The molecule has 33 heavy (non-hydrogen) atoms. The van der Waals surface area contributed by atoms with Crippen molar-refractivity contribution in [3.05, 3.63) is 68.5 Å². The highest BCUT2D eigenvalue weighted by Gasteiger charge is 2.21. The van der Waals surface area contributed by atoms with Gasteiger partial charge in [0.25, 0.3) is 5.56 Å². The summed E-state index contributed by atoms with van der Waals surface area (Å²) in [6.07, 6.45) is 3.41. The molecule has 0 aliphatic heterocycles. The lowest BCUT2D eigenvalue weighted by atomic mass is 10.2. The van der Waals surface area contributed by atoms with Crippen molar-refractivity contribution in [1.82, 2.24) is 19.7 Å². The number of hydrogen-bond acceptors (Lipinski definition) is 6. The number of aromatic nitrogens is 4. The number of hydrogen-bond donors (Lipinski definition) is 2. The van der Waals surface area contributed by atoms with E-state index in [2.05, 4.69) is 20.4 Å². The number of benzene rings is 1. The van der Waals surface area contributed by atoms with Gasteiger partial charge in [-0.15, -0.1) is 11.3 Å². The lowest BCUT2D eigenvalue weighted by molar-refractivity contribution is -0.115. The summed E-state index contributed by atoms with van der Waals surface area (Å²) in [5.41, 5.74) is 2.53. The van der Waals surface area contributed by atoms with Crippen molar-refractivity contribution in [3.8, 4) is 5.69 Å². The Hall–Kier alpha value is -2.98. The Bertz CT molecular complexity index is 1390. The van der Waals surface area contributed by atoms with Gasteiger partial charge in [-0.3, -0.25) is 9.59 Å². The van der Waals surface area contributed by atoms with Gasteiger partial charge in [-0.05, 0) is 56.0 Å². The molecule has 1 aliphatic carbocycles. The first-order valence-corrected chi connectivity index (χ1v) is 12.7. The second-order valence-electron chi connectivity index (χ2n) is 7.96. The lowest BCUT2D eigenvalue weighted by Crippen LogP contribution is -2.15. The number of anilines is 1. The molecule has 2 N–H and O–H groups in total. The predicted octanol–water partition coefficient (Wildman–Crippen LogP) is 4.37. The van der Waals surface area contributed by atoms with Gasteiger partial charge in [-0.1, -0.05) is 0 Å². The number of amides is 1. The zero-order valence-electron chi connectivity index (χ0n) is 18.0. The molecule has 5 rings (SSSR count). The molecular weight excluding hydrogens is 461 g/mol. The molecule has 1 aromatic carbocycles. The first-order chi connectivity index (χ1) is 16.0. The summed E-state index contributed by atoms with van der Waals surface area (Å²) >= 11 is 3.18. The number of nitrogens with one attached hydrogen (secondary N) is 2. The maximum atomic E-state index is 13.2. The van der Waals surface area contributed by atoms with Crippen LogP contribution in [0.2, 0.25) is 0 Å². The van der Waals surface area contributed by atoms with Crippen LogP contribution in [0.1, 0.15) is 34.8 Å². The van der Waals surface area contributed by atoms with Crippen molar-refractivity contribution in [2.24, 2.45) is 0 Å². The molecule has 7 nitrogen and oxygen atoms in total. The van der Waals surface area contributed by atoms with Gasteiger partial charge in [0.2, 0.25) is 5.91 Å². The van der Waals surface area contributed by atoms with Gasteiger partial charge in [-0.25, -0.2) is 14.1 Å². The highest BCUT2D eigenvalue weighted by molar-refractivity contribution is 7.98. The smallest absolute Gasteiger partial charge is 0.259 e. The Balaban J connectivity index is 1.18. The van der Waals surface area contributed by atoms with Gasteiger partial charge in [0.1, 0.15) is 22.3 Å². The number of thiophene rings is 1. The summed E-state index contributed by atoms with van der Waals surface area (Å²) in [5, 5.41) is 8.02. The molecule has 170 valence electrons. The quantitative estimate of drug-likeness (QED) is 0.381. The first-order valence-electron chi connectivity index (χ1n) is 10.7. The van der Waals surface area contributed by atoms with Crippen molar-refractivity contribution in [1.29, 1.82) is 0 Å². The molecule has 0 spiro atoms. The van der Waals surface area contributed by atoms with Crippen LogP contribution in [0.5, 0.6) is 0 Å². The second-order valence-corrected chi connectivity index (χ2v) is 10.1. The number of aryl methyl sites for hydroxylation is 3. The van der Waals surface area contributed by atoms with Gasteiger partial charge in [0, 0.05) is 23.1 Å². The van der Waals surface area contributed by atoms with E-state index in [1.807, 2.05) is 6.92 Å². The lowest BCUT2D eigenvalue weighted by Gasteiger charge is -2.09. The molecule has 0 radical (unpaired) electrons. The minimum absolute atomic E-state index is 0.0582. The fraction of sp³-hybridized carbons (Fsp3) is 0.304. The van der Waals surface area contributed by atoms with Gasteiger partial charge in [-0.2, -0.15) is 16.9 Å². The number of carbonyl (C=O) groups excluding carboxylic acids is 1. The monoisotopic (exact) mass is 483 g/mol. The van der Waals surface area contributed by atoms with Crippen LogP contribution in [0.15, 0.2) is 35.1 Å². The van der Waals surface area contributed by atoms with Gasteiger partial charge >= 0.3 is 0 Å². The van der Waals surface area contributed by atoms with E-state index in [0.29, 0.717) is 35.3 Å². The van der Waals surface area contributed by atoms with E-state index in [4.69, 9.17) is 0 Å². The van der Waals surface area contributed by atoms with Gasteiger partial charge < -0.3 is 10.3 Å². The Morgan fingerprint density at radius 1 is 1.30 bits per heavy atom. The molecule has 1 aliphatic rings. The number of thioether (sulfide) groups is 1. The van der Waals surface area contributed by atoms with Crippen LogP contribution in [0, 0.1) is 12.7 Å². The Morgan fingerprint density at radius 2 is 2.12 bits per heavy atom. The topological polar surface area (TPSA) is 92.7 Å². The Kier molecular flexibility index (Phi) is 6.03. The molecule has 0 fully saturated rings. The summed E-state index contributed by atoms with van der Waals surface area (Å²) in [6, 6.07) is 7.71. The van der Waals surface area contributed by atoms with Gasteiger partial charge in [0.15, 0.2) is 0 Å². The molecule has 4 aromatic rings. The maximum Gasteiger partial charge on any atom is 0.259 e. The van der Waals surface area contributed by atoms with E-state index in [0.717, 1.165) is 35.2 Å². The van der Waals surface area contributed by atoms with E-state index >= 15 is 0 Å². The predicted molar refractivity (Wildman–Crippen MR) is 130 cm³/mol. The van der Waals surface area contributed by atoms with E-state index < -0.39 is 0 Å². The van der Waals surface area contributed by atoms with Crippen molar-refractivity contribution >= 4 is 45.0 Å². The molecule has 3 heterocycles. The van der Waals surface area contributed by atoms with E-state index in [1.54, 1.807) is 46.0 Å². The molecule has 0 unspecified atom stereocenters. The Labute approximate surface area is 197 Å². The van der Waals surface area contributed by atoms with Crippen molar-refractivity contribution in [3.63, 3.8) is 0 Å². The van der Waals surface area contributed by atoms with E-state index in [9.17, 15) is 14.0 Å². The van der Waals surface area contributed by atoms with Crippen LogP contribution in [0.3, 0.4) is 0 Å². The first kappa shape index (κ1) is 21.8. The third-order valence-electron chi connectivity index (χ3n) is 5.51. The number of halogens is 1. The summed E-state index contributed by atoms with van der Waals surface area (Å²) in [4.78, 5) is 34.7. The van der Waals surface area contributed by atoms with Crippen LogP contribution < -0.4 is 10.9 Å². The number of aromatic amines is 1. The number of H-pyrrole nitrogens is 1.